The van der Waals surface area contributed by atoms with Gasteiger partial charge in [0.25, 0.3) is 0 Å². The van der Waals surface area contributed by atoms with E-state index in [0.717, 1.165) is 25.7 Å². The van der Waals surface area contributed by atoms with Gasteiger partial charge in [-0.3, -0.25) is 0 Å². The number of rotatable bonds is 3. The summed E-state index contributed by atoms with van der Waals surface area (Å²) >= 11 is 0. The molecule has 0 saturated carbocycles. The Kier molecular flexibility index (Phi) is 5.00. The zero-order chi connectivity index (χ0) is 14.4. The molecule has 0 aliphatic carbocycles. The van der Waals surface area contributed by atoms with E-state index in [1.165, 1.54) is 12.7 Å². The fourth-order valence-electron chi connectivity index (χ4n) is 2.78. The van der Waals surface area contributed by atoms with E-state index >= 15 is 0 Å². The smallest absolute Gasteiger partial charge is 0.409 e. The van der Waals surface area contributed by atoms with Gasteiger partial charge in [-0.25, -0.2) is 4.79 Å². The first kappa shape index (κ1) is 14.4. The molecule has 2 unspecified atom stereocenters. The monoisotopic (exact) mass is 272 g/mol. The van der Waals surface area contributed by atoms with Crippen LogP contribution in [0.5, 0.6) is 0 Å². The first-order valence-electron chi connectivity index (χ1n) is 7.02. The van der Waals surface area contributed by atoms with Gasteiger partial charge in [-0.1, -0.05) is 30.3 Å². The van der Waals surface area contributed by atoms with Gasteiger partial charge < -0.3 is 9.64 Å². The summed E-state index contributed by atoms with van der Waals surface area (Å²) in [7, 11) is 1.41. The Bertz CT molecular complexity index is 481. The van der Waals surface area contributed by atoms with Crippen LogP contribution in [-0.4, -0.2) is 30.7 Å². The fraction of sp³-hybridized carbons (Fsp3) is 0.500. The number of ether oxygens (including phenoxy) is 1. The number of hydrogen-bond acceptors (Lipinski definition) is 3. The number of carbonyl (C=O) groups excluding carboxylic acids is 1. The summed E-state index contributed by atoms with van der Waals surface area (Å²) in [5.41, 5.74) is 1.26. The van der Waals surface area contributed by atoms with Crippen LogP contribution < -0.4 is 0 Å². The van der Waals surface area contributed by atoms with Gasteiger partial charge >= 0.3 is 6.09 Å². The highest BCUT2D eigenvalue weighted by molar-refractivity contribution is 5.68. The van der Waals surface area contributed by atoms with E-state index in [1.54, 1.807) is 4.90 Å². The van der Waals surface area contributed by atoms with Crippen molar-refractivity contribution >= 4 is 6.09 Å². The molecule has 1 heterocycles. The molecule has 1 aromatic rings. The summed E-state index contributed by atoms with van der Waals surface area (Å²) in [5, 5.41) is 9.09. The highest BCUT2D eigenvalue weighted by Gasteiger charge is 2.31. The molecule has 1 saturated heterocycles. The van der Waals surface area contributed by atoms with E-state index in [1.807, 2.05) is 18.2 Å². The standard InChI is InChI=1S/C16H20N2O2/c1-20-16(19)18-10-9-14(12-17)11-15(18)8-7-13-5-3-2-4-6-13/h2-6,14-15H,7-11H2,1H3. The Morgan fingerprint density at radius 3 is 2.85 bits per heavy atom. The number of nitriles is 1. The Labute approximate surface area is 120 Å². The second-order valence-electron chi connectivity index (χ2n) is 5.19. The van der Waals surface area contributed by atoms with Crippen LogP contribution in [0.15, 0.2) is 30.3 Å². The molecule has 0 N–H and O–H groups in total. The number of likely N-dealkylation sites (tertiary alicyclic amines) is 1. The molecule has 1 aliphatic heterocycles. The quantitative estimate of drug-likeness (QED) is 0.850. The number of benzene rings is 1. The molecule has 1 fully saturated rings. The number of carbonyl (C=O) groups is 1. The lowest BCUT2D eigenvalue weighted by atomic mass is 9.89. The van der Waals surface area contributed by atoms with Gasteiger partial charge in [-0.2, -0.15) is 5.26 Å². The van der Waals surface area contributed by atoms with Gasteiger partial charge in [0, 0.05) is 18.5 Å². The van der Waals surface area contributed by atoms with Crippen LogP contribution in [0.2, 0.25) is 0 Å². The normalized spacial score (nSPS) is 22.1. The molecule has 1 aromatic carbocycles. The highest BCUT2D eigenvalue weighted by atomic mass is 16.5. The summed E-state index contributed by atoms with van der Waals surface area (Å²) < 4.78 is 4.84. The van der Waals surface area contributed by atoms with Gasteiger partial charge in [0.05, 0.1) is 13.2 Å². The molecule has 2 atom stereocenters. The third-order valence-electron chi connectivity index (χ3n) is 3.92. The van der Waals surface area contributed by atoms with Crippen LogP contribution in [0.3, 0.4) is 0 Å². The average Bonchev–Trinajstić information content (AvgIpc) is 2.52. The van der Waals surface area contributed by atoms with Crippen LogP contribution in [0.1, 0.15) is 24.8 Å². The summed E-state index contributed by atoms with van der Waals surface area (Å²) in [6.45, 7) is 0.615. The van der Waals surface area contributed by atoms with E-state index in [4.69, 9.17) is 10.00 Å². The Balaban J connectivity index is 2.00. The third kappa shape index (κ3) is 3.51. The molecule has 1 aliphatic rings. The molecule has 2 rings (SSSR count). The van der Waals surface area contributed by atoms with Crippen molar-refractivity contribution in [1.29, 1.82) is 5.26 Å². The van der Waals surface area contributed by atoms with Crippen LogP contribution in [0.25, 0.3) is 0 Å². The summed E-state index contributed by atoms with van der Waals surface area (Å²) in [5.74, 6) is 0.0525. The van der Waals surface area contributed by atoms with E-state index in [9.17, 15) is 4.79 Å². The van der Waals surface area contributed by atoms with Gasteiger partial charge in [-0.05, 0) is 31.2 Å². The molecule has 0 aromatic heterocycles. The topological polar surface area (TPSA) is 53.3 Å². The number of methoxy groups -OCH3 is 1. The average molecular weight is 272 g/mol. The van der Waals surface area contributed by atoms with Crippen molar-refractivity contribution in [2.24, 2.45) is 5.92 Å². The second kappa shape index (κ2) is 6.95. The minimum Gasteiger partial charge on any atom is -0.453 e. The molecule has 0 spiro atoms. The molecular weight excluding hydrogens is 252 g/mol. The maximum absolute atomic E-state index is 11.8. The number of piperidine rings is 1. The van der Waals surface area contributed by atoms with Crippen molar-refractivity contribution in [2.45, 2.75) is 31.7 Å². The predicted octanol–water partition coefficient (Wildman–Crippen LogP) is 2.99. The van der Waals surface area contributed by atoms with Crippen LogP contribution in [0.4, 0.5) is 4.79 Å². The van der Waals surface area contributed by atoms with Crippen molar-refractivity contribution < 1.29 is 9.53 Å². The molecule has 4 nitrogen and oxygen atoms in total. The van der Waals surface area contributed by atoms with Crippen molar-refractivity contribution in [3.8, 4) is 6.07 Å². The van der Waals surface area contributed by atoms with Crippen molar-refractivity contribution in [2.75, 3.05) is 13.7 Å². The Hall–Kier alpha value is -2.02. The molecule has 0 radical (unpaired) electrons. The minimum atomic E-state index is -0.278. The lowest BCUT2D eigenvalue weighted by Crippen LogP contribution is -2.46. The number of aryl methyl sites for hydroxylation is 1. The Morgan fingerprint density at radius 2 is 2.20 bits per heavy atom. The van der Waals surface area contributed by atoms with E-state index < -0.39 is 0 Å². The van der Waals surface area contributed by atoms with E-state index in [0.29, 0.717) is 6.54 Å². The molecule has 4 heteroatoms. The van der Waals surface area contributed by atoms with Gasteiger partial charge in [0.1, 0.15) is 0 Å². The highest BCUT2D eigenvalue weighted by Crippen LogP contribution is 2.26. The zero-order valence-corrected chi connectivity index (χ0v) is 11.8. The predicted molar refractivity (Wildman–Crippen MR) is 76.0 cm³/mol. The van der Waals surface area contributed by atoms with Crippen molar-refractivity contribution in [3.05, 3.63) is 35.9 Å². The largest absolute Gasteiger partial charge is 0.453 e. The lowest BCUT2D eigenvalue weighted by Gasteiger charge is -2.36. The van der Waals surface area contributed by atoms with Crippen LogP contribution in [0, 0.1) is 17.2 Å². The summed E-state index contributed by atoms with van der Waals surface area (Å²) in [4.78, 5) is 13.6. The van der Waals surface area contributed by atoms with E-state index in [2.05, 4.69) is 18.2 Å². The first-order valence-corrected chi connectivity index (χ1v) is 7.02. The molecule has 0 bridgehead atoms. The van der Waals surface area contributed by atoms with E-state index in [-0.39, 0.29) is 18.1 Å². The van der Waals surface area contributed by atoms with Crippen molar-refractivity contribution in [3.63, 3.8) is 0 Å². The third-order valence-corrected chi connectivity index (χ3v) is 3.92. The number of amides is 1. The minimum absolute atomic E-state index is 0.0525. The molecule has 1 amide bonds. The first-order chi connectivity index (χ1) is 9.74. The lowest BCUT2D eigenvalue weighted by molar-refractivity contribution is 0.0795. The maximum atomic E-state index is 11.8. The Morgan fingerprint density at radius 1 is 1.45 bits per heavy atom. The SMILES string of the molecule is COC(=O)N1CCC(C#N)CC1CCc1ccccc1. The molecule has 20 heavy (non-hydrogen) atoms. The summed E-state index contributed by atoms with van der Waals surface area (Å²) in [6.07, 6.45) is 3.00. The van der Waals surface area contributed by atoms with Gasteiger partial charge in [-0.15, -0.1) is 0 Å². The fourth-order valence-corrected chi connectivity index (χ4v) is 2.78. The summed E-state index contributed by atoms with van der Waals surface area (Å²) in [6, 6.07) is 12.6. The molecular formula is C16H20N2O2. The number of nitrogens with zero attached hydrogens (tertiary/aromatic N) is 2. The number of hydrogen-bond donors (Lipinski definition) is 0. The van der Waals surface area contributed by atoms with Crippen LogP contribution in [-0.2, 0) is 11.2 Å². The maximum Gasteiger partial charge on any atom is 0.409 e. The second-order valence-corrected chi connectivity index (χ2v) is 5.19. The van der Waals surface area contributed by atoms with Crippen molar-refractivity contribution in [1.82, 2.24) is 4.90 Å². The van der Waals surface area contributed by atoms with Gasteiger partial charge in [0.15, 0.2) is 0 Å². The zero-order valence-electron chi connectivity index (χ0n) is 11.8. The molecule has 106 valence electrons. The van der Waals surface area contributed by atoms with Gasteiger partial charge in [0.2, 0.25) is 0 Å². The van der Waals surface area contributed by atoms with Crippen LogP contribution >= 0.6 is 0 Å².